The van der Waals surface area contributed by atoms with Crippen LogP contribution in [-0.4, -0.2) is 22.6 Å². The molecule has 0 unspecified atom stereocenters. The summed E-state index contributed by atoms with van der Waals surface area (Å²) in [5, 5.41) is 5.99. The number of benzene rings is 3. The average Bonchev–Trinajstić information content (AvgIpc) is 2.93. The first-order chi connectivity index (χ1) is 18.0. The van der Waals surface area contributed by atoms with Gasteiger partial charge in [-0.25, -0.2) is 0 Å². The molecule has 0 saturated carbocycles. The maximum absolute atomic E-state index is 13.1. The van der Waals surface area contributed by atoms with E-state index in [1.165, 1.54) is 6.08 Å². The molecule has 182 valence electrons. The molecule has 4 rings (SSSR count). The number of ketones is 1. The Morgan fingerprint density at radius 3 is 2.22 bits per heavy atom. The van der Waals surface area contributed by atoms with E-state index < -0.39 is 11.8 Å². The fraction of sp³-hybridized carbons (Fsp3) is 0. The molecule has 1 aromatic heterocycles. The SMILES string of the molecule is O=C(Nc1ccc(C(=O)/C=C/c2ccccc2Cl)cc1)/C(=C/c1cccnc1)NC(=O)c1ccccc1. The molecule has 1 heterocycles. The molecular formula is C30H22ClN3O3. The van der Waals surface area contributed by atoms with Gasteiger partial charge in [-0.05, 0) is 77.9 Å². The van der Waals surface area contributed by atoms with E-state index in [9.17, 15) is 14.4 Å². The summed E-state index contributed by atoms with van der Waals surface area (Å²) in [6.45, 7) is 0. The molecule has 7 heteroatoms. The van der Waals surface area contributed by atoms with E-state index in [1.807, 2.05) is 18.2 Å². The fourth-order valence-corrected chi connectivity index (χ4v) is 3.56. The molecule has 3 aromatic carbocycles. The minimum absolute atomic E-state index is 0.0460. The number of allylic oxidation sites excluding steroid dienone is 1. The van der Waals surface area contributed by atoms with Crippen molar-refractivity contribution < 1.29 is 14.4 Å². The second-order valence-corrected chi connectivity index (χ2v) is 8.32. The first-order valence-corrected chi connectivity index (χ1v) is 11.7. The molecule has 0 fully saturated rings. The van der Waals surface area contributed by atoms with Gasteiger partial charge in [-0.15, -0.1) is 0 Å². The lowest BCUT2D eigenvalue weighted by Gasteiger charge is -2.11. The smallest absolute Gasteiger partial charge is 0.272 e. The van der Waals surface area contributed by atoms with Gasteiger partial charge in [0.2, 0.25) is 0 Å². The molecule has 2 N–H and O–H groups in total. The van der Waals surface area contributed by atoms with Crippen LogP contribution in [0.3, 0.4) is 0 Å². The van der Waals surface area contributed by atoms with Gasteiger partial charge < -0.3 is 10.6 Å². The van der Waals surface area contributed by atoms with Crippen LogP contribution in [-0.2, 0) is 4.79 Å². The topological polar surface area (TPSA) is 88.2 Å². The normalized spacial score (nSPS) is 11.2. The van der Waals surface area contributed by atoms with Crippen LogP contribution in [0.1, 0.15) is 31.8 Å². The molecule has 4 aromatic rings. The number of carbonyl (C=O) groups is 3. The van der Waals surface area contributed by atoms with Gasteiger partial charge in [0.25, 0.3) is 11.8 Å². The summed E-state index contributed by atoms with van der Waals surface area (Å²) in [6, 6.07) is 25.8. The highest BCUT2D eigenvalue weighted by atomic mass is 35.5. The van der Waals surface area contributed by atoms with Gasteiger partial charge in [-0.2, -0.15) is 0 Å². The van der Waals surface area contributed by atoms with Crippen molar-refractivity contribution >= 4 is 47.0 Å². The molecule has 2 amide bonds. The van der Waals surface area contributed by atoms with Gasteiger partial charge >= 0.3 is 0 Å². The molecule has 0 aliphatic rings. The number of amides is 2. The zero-order valence-corrected chi connectivity index (χ0v) is 20.4. The van der Waals surface area contributed by atoms with Gasteiger partial charge in [0.15, 0.2) is 5.78 Å². The lowest BCUT2D eigenvalue weighted by molar-refractivity contribution is -0.113. The zero-order valence-electron chi connectivity index (χ0n) is 19.6. The van der Waals surface area contributed by atoms with Crippen LogP contribution in [0.25, 0.3) is 12.2 Å². The highest BCUT2D eigenvalue weighted by Crippen LogP contribution is 2.18. The molecule has 37 heavy (non-hydrogen) atoms. The third kappa shape index (κ3) is 7.10. The minimum atomic E-state index is -0.522. The summed E-state index contributed by atoms with van der Waals surface area (Å²) in [4.78, 5) is 42.4. The molecule has 0 atom stereocenters. The van der Waals surface area contributed by atoms with E-state index in [4.69, 9.17) is 11.6 Å². The minimum Gasteiger partial charge on any atom is -0.321 e. The van der Waals surface area contributed by atoms with Crippen molar-refractivity contribution in [2.45, 2.75) is 0 Å². The van der Waals surface area contributed by atoms with Crippen LogP contribution in [0.5, 0.6) is 0 Å². The van der Waals surface area contributed by atoms with E-state index in [0.717, 1.165) is 5.56 Å². The number of halogens is 1. The van der Waals surface area contributed by atoms with Crippen LogP contribution >= 0.6 is 11.6 Å². The predicted octanol–water partition coefficient (Wildman–Crippen LogP) is 6.04. The van der Waals surface area contributed by atoms with Crippen LogP contribution in [0, 0.1) is 0 Å². The van der Waals surface area contributed by atoms with E-state index in [2.05, 4.69) is 15.6 Å². The Labute approximate surface area is 219 Å². The lowest BCUT2D eigenvalue weighted by atomic mass is 10.1. The summed E-state index contributed by atoms with van der Waals surface area (Å²) >= 11 is 6.13. The van der Waals surface area contributed by atoms with E-state index in [0.29, 0.717) is 27.4 Å². The Hall–Kier alpha value is -4.81. The molecule has 0 radical (unpaired) electrons. The first-order valence-electron chi connectivity index (χ1n) is 11.4. The highest BCUT2D eigenvalue weighted by Gasteiger charge is 2.15. The Balaban J connectivity index is 1.48. The largest absolute Gasteiger partial charge is 0.321 e. The fourth-order valence-electron chi connectivity index (χ4n) is 3.36. The lowest BCUT2D eigenvalue weighted by Crippen LogP contribution is -2.30. The Morgan fingerprint density at radius 2 is 1.51 bits per heavy atom. The van der Waals surface area contributed by atoms with E-state index >= 15 is 0 Å². The van der Waals surface area contributed by atoms with Crippen LogP contribution in [0.15, 0.2) is 115 Å². The number of rotatable bonds is 8. The van der Waals surface area contributed by atoms with E-state index in [-0.39, 0.29) is 11.5 Å². The van der Waals surface area contributed by atoms with Crippen LogP contribution < -0.4 is 10.6 Å². The number of hydrogen-bond acceptors (Lipinski definition) is 4. The van der Waals surface area contributed by atoms with Gasteiger partial charge in [0, 0.05) is 34.2 Å². The van der Waals surface area contributed by atoms with Gasteiger partial charge in [0.1, 0.15) is 5.70 Å². The standard InChI is InChI=1S/C30H22ClN3O3/c31-26-11-5-4-8-22(26)14-17-28(35)23-12-15-25(16-13-23)33-30(37)27(19-21-7-6-18-32-20-21)34-29(36)24-9-2-1-3-10-24/h1-20H,(H,33,37)(H,34,36)/b17-14+,27-19-. The van der Waals surface area contributed by atoms with Crippen molar-refractivity contribution in [3.8, 4) is 0 Å². The Bertz CT molecular complexity index is 1470. The van der Waals surface area contributed by atoms with Crippen LogP contribution in [0.2, 0.25) is 5.02 Å². The highest BCUT2D eigenvalue weighted by molar-refractivity contribution is 6.32. The summed E-state index contributed by atoms with van der Waals surface area (Å²) in [5.74, 6) is -1.15. The molecule has 0 saturated heterocycles. The third-order valence-corrected chi connectivity index (χ3v) is 5.62. The zero-order chi connectivity index (χ0) is 26.0. The maximum Gasteiger partial charge on any atom is 0.272 e. The third-order valence-electron chi connectivity index (χ3n) is 5.27. The van der Waals surface area contributed by atoms with E-state index in [1.54, 1.807) is 97.3 Å². The number of aromatic nitrogens is 1. The number of nitrogens with zero attached hydrogens (tertiary/aromatic N) is 1. The maximum atomic E-state index is 13.1. The summed E-state index contributed by atoms with van der Waals surface area (Å²) in [5.41, 5.74) is 2.76. The van der Waals surface area contributed by atoms with Gasteiger partial charge in [-0.1, -0.05) is 54.1 Å². The second-order valence-electron chi connectivity index (χ2n) is 7.92. The summed E-state index contributed by atoms with van der Waals surface area (Å²) in [6.07, 6.45) is 7.85. The molecule has 6 nitrogen and oxygen atoms in total. The number of carbonyl (C=O) groups excluding carboxylic acids is 3. The second kappa shape index (κ2) is 12.2. The van der Waals surface area contributed by atoms with Crippen molar-refractivity contribution in [1.29, 1.82) is 0 Å². The van der Waals surface area contributed by atoms with Crippen molar-refractivity contribution in [2.75, 3.05) is 5.32 Å². The Kier molecular flexibility index (Phi) is 8.37. The van der Waals surface area contributed by atoms with Crippen LogP contribution in [0.4, 0.5) is 5.69 Å². The van der Waals surface area contributed by atoms with Crippen molar-refractivity contribution in [2.24, 2.45) is 0 Å². The molecule has 0 aliphatic carbocycles. The van der Waals surface area contributed by atoms with Crippen molar-refractivity contribution in [3.63, 3.8) is 0 Å². The predicted molar refractivity (Wildman–Crippen MR) is 146 cm³/mol. The average molecular weight is 508 g/mol. The summed E-state index contributed by atoms with van der Waals surface area (Å²) < 4.78 is 0. The number of nitrogens with one attached hydrogen (secondary N) is 2. The Morgan fingerprint density at radius 1 is 0.784 bits per heavy atom. The number of pyridine rings is 1. The molecular weight excluding hydrogens is 486 g/mol. The van der Waals surface area contributed by atoms with Crippen molar-refractivity contribution in [1.82, 2.24) is 10.3 Å². The first kappa shape index (κ1) is 25.3. The number of anilines is 1. The molecule has 0 spiro atoms. The monoisotopic (exact) mass is 507 g/mol. The molecule has 0 aliphatic heterocycles. The molecule has 0 bridgehead atoms. The quantitative estimate of drug-likeness (QED) is 0.225. The number of hydrogen-bond donors (Lipinski definition) is 2. The summed E-state index contributed by atoms with van der Waals surface area (Å²) in [7, 11) is 0. The van der Waals surface area contributed by atoms with Gasteiger partial charge in [-0.3, -0.25) is 19.4 Å². The van der Waals surface area contributed by atoms with Crippen molar-refractivity contribution in [3.05, 3.63) is 142 Å². The van der Waals surface area contributed by atoms with Gasteiger partial charge in [0.05, 0.1) is 0 Å².